The lowest BCUT2D eigenvalue weighted by molar-refractivity contribution is 1.27. The first-order valence-electron chi connectivity index (χ1n) is 7.69. The second kappa shape index (κ2) is 6.64. The maximum Gasteiger partial charge on any atom is 0.119 e. The molecule has 0 aliphatic rings. The molecule has 0 unspecified atom stereocenters. The number of thiazole rings is 1. The van der Waals surface area contributed by atoms with Crippen LogP contribution in [0.4, 0.5) is 5.69 Å². The maximum absolute atomic E-state index is 4.69. The van der Waals surface area contributed by atoms with Gasteiger partial charge in [0.2, 0.25) is 0 Å². The third kappa shape index (κ3) is 3.19. The molecule has 116 valence electrons. The molecule has 0 amide bonds. The van der Waals surface area contributed by atoms with Gasteiger partial charge in [-0.3, -0.25) is 4.98 Å². The molecule has 2 heterocycles. The van der Waals surface area contributed by atoms with Gasteiger partial charge in [0.15, 0.2) is 0 Å². The minimum atomic E-state index is 0.889. The molecule has 0 saturated carbocycles. The quantitative estimate of drug-likeness (QED) is 0.552. The first-order valence-corrected chi connectivity index (χ1v) is 8.51. The van der Waals surface area contributed by atoms with Crippen LogP contribution in [0.5, 0.6) is 0 Å². The Morgan fingerprint density at radius 2 is 1.67 bits per heavy atom. The minimum absolute atomic E-state index is 0.889. The SMILES string of the molecule is C(=C(\Nc1ccccc1)c1ccccn1)/c1nc2ccccc2s1. The van der Waals surface area contributed by atoms with Gasteiger partial charge in [0.25, 0.3) is 0 Å². The van der Waals surface area contributed by atoms with Crippen molar-refractivity contribution in [1.29, 1.82) is 0 Å². The number of para-hydroxylation sites is 2. The van der Waals surface area contributed by atoms with Crippen molar-refractivity contribution in [2.24, 2.45) is 0 Å². The largest absolute Gasteiger partial charge is 0.354 e. The summed E-state index contributed by atoms with van der Waals surface area (Å²) in [5, 5.41) is 4.41. The molecule has 0 aliphatic heterocycles. The number of benzene rings is 2. The first-order chi connectivity index (χ1) is 11.9. The highest BCUT2D eigenvalue weighted by molar-refractivity contribution is 7.19. The van der Waals surface area contributed by atoms with Gasteiger partial charge in [0.1, 0.15) is 5.01 Å². The van der Waals surface area contributed by atoms with Gasteiger partial charge >= 0.3 is 0 Å². The van der Waals surface area contributed by atoms with E-state index in [1.807, 2.05) is 66.7 Å². The van der Waals surface area contributed by atoms with E-state index in [4.69, 9.17) is 4.98 Å². The van der Waals surface area contributed by atoms with Gasteiger partial charge in [-0.1, -0.05) is 36.4 Å². The zero-order chi connectivity index (χ0) is 16.2. The van der Waals surface area contributed by atoms with E-state index in [1.165, 1.54) is 4.70 Å². The normalized spacial score (nSPS) is 11.6. The van der Waals surface area contributed by atoms with Crippen molar-refractivity contribution >= 4 is 39.0 Å². The summed E-state index contributed by atoms with van der Waals surface area (Å²) in [6.45, 7) is 0. The van der Waals surface area contributed by atoms with Gasteiger partial charge < -0.3 is 5.32 Å². The molecule has 24 heavy (non-hydrogen) atoms. The highest BCUT2D eigenvalue weighted by atomic mass is 32.1. The van der Waals surface area contributed by atoms with E-state index in [0.717, 1.165) is 27.6 Å². The number of fused-ring (bicyclic) bond motifs is 1. The molecule has 2 aromatic carbocycles. The van der Waals surface area contributed by atoms with Gasteiger partial charge in [-0.05, 0) is 42.5 Å². The summed E-state index contributed by atoms with van der Waals surface area (Å²) >= 11 is 1.68. The number of pyridine rings is 1. The molecule has 3 nitrogen and oxygen atoms in total. The fourth-order valence-corrected chi connectivity index (χ4v) is 3.36. The summed E-state index contributed by atoms with van der Waals surface area (Å²) in [6, 6.07) is 24.2. The molecule has 0 fully saturated rings. The number of nitrogens with zero attached hydrogens (tertiary/aromatic N) is 2. The third-order valence-corrected chi connectivity index (χ3v) is 4.56. The highest BCUT2D eigenvalue weighted by Gasteiger charge is 2.07. The molecule has 4 aromatic rings. The fraction of sp³-hybridized carbons (Fsp3) is 0. The zero-order valence-electron chi connectivity index (χ0n) is 12.9. The van der Waals surface area contributed by atoms with Crippen molar-refractivity contribution in [1.82, 2.24) is 9.97 Å². The fourth-order valence-electron chi connectivity index (χ4n) is 2.45. The second-order valence-electron chi connectivity index (χ2n) is 5.28. The Labute approximate surface area is 144 Å². The van der Waals surface area contributed by atoms with E-state index in [9.17, 15) is 0 Å². The van der Waals surface area contributed by atoms with Crippen LogP contribution in [0.3, 0.4) is 0 Å². The Kier molecular flexibility index (Phi) is 4.04. The smallest absolute Gasteiger partial charge is 0.119 e. The molecular weight excluding hydrogens is 314 g/mol. The van der Waals surface area contributed by atoms with Crippen LogP contribution in [-0.4, -0.2) is 9.97 Å². The van der Waals surface area contributed by atoms with Gasteiger partial charge in [0, 0.05) is 11.9 Å². The summed E-state index contributed by atoms with van der Waals surface area (Å²) in [5.74, 6) is 0. The van der Waals surface area contributed by atoms with Gasteiger partial charge in [-0.2, -0.15) is 0 Å². The average molecular weight is 329 g/mol. The summed E-state index contributed by atoms with van der Waals surface area (Å²) in [6.07, 6.45) is 3.86. The molecule has 0 aliphatic carbocycles. The number of aromatic nitrogens is 2. The Bertz CT molecular complexity index is 942. The van der Waals surface area contributed by atoms with Gasteiger partial charge in [-0.25, -0.2) is 4.98 Å². The van der Waals surface area contributed by atoms with Crippen LogP contribution in [-0.2, 0) is 0 Å². The Balaban J connectivity index is 1.76. The van der Waals surface area contributed by atoms with E-state index in [1.54, 1.807) is 17.5 Å². The van der Waals surface area contributed by atoms with Crippen LogP contribution in [0.1, 0.15) is 10.7 Å². The van der Waals surface area contributed by atoms with Crippen molar-refractivity contribution in [2.45, 2.75) is 0 Å². The molecule has 0 atom stereocenters. The van der Waals surface area contributed by atoms with E-state index in [2.05, 4.69) is 22.4 Å². The third-order valence-electron chi connectivity index (χ3n) is 3.57. The Morgan fingerprint density at radius 1 is 0.875 bits per heavy atom. The van der Waals surface area contributed by atoms with Crippen molar-refractivity contribution in [2.75, 3.05) is 5.32 Å². The average Bonchev–Trinajstić information content (AvgIpc) is 3.05. The Morgan fingerprint density at radius 3 is 2.46 bits per heavy atom. The molecule has 4 rings (SSSR count). The second-order valence-corrected chi connectivity index (χ2v) is 6.35. The molecule has 0 bridgehead atoms. The van der Waals surface area contributed by atoms with Crippen LogP contribution < -0.4 is 5.32 Å². The number of hydrogen-bond donors (Lipinski definition) is 1. The maximum atomic E-state index is 4.69. The highest BCUT2D eigenvalue weighted by Crippen LogP contribution is 2.26. The predicted octanol–water partition coefficient (Wildman–Crippen LogP) is 5.30. The van der Waals surface area contributed by atoms with E-state index in [0.29, 0.717) is 0 Å². The Hall–Kier alpha value is -2.98. The lowest BCUT2D eigenvalue weighted by Gasteiger charge is -2.10. The molecule has 1 N–H and O–H groups in total. The minimum Gasteiger partial charge on any atom is -0.354 e. The van der Waals surface area contributed by atoms with Crippen LogP contribution >= 0.6 is 11.3 Å². The van der Waals surface area contributed by atoms with E-state index in [-0.39, 0.29) is 0 Å². The van der Waals surface area contributed by atoms with Crippen molar-refractivity contribution in [3.63, 3.8) is 0 Å². The first kappa shape index (κ1) is 14.6. The summed E-state index contributed by atoms with van der Waals surface area (Å²) in [7, 11) is 0. The summed E-state index contributed by atoms with van der Waals surface area (Å²) in [5.41, 5.74) is 3.87. The number of hydrogen-bond acceptors (Lipinski definition) is 4. The predicted molar refractivity (Wildman–Crippen MR) is 102 cm³/mol. The number of anilines is 1. The van der Waals surface area contributed by atoms with Crippen molar-refractivity contribution < 1.29 is 0 Å². The lowest BCUT2D eigenvalue weighted by atomic mass is 10.2. The summed E-state index contributed by atoms with van der Waals surface area (Å²) in [4.78, 5) is 9.17. The summed E-state index contributed by atoms with van der Waals surface area (Å²) < 4.78 is 1.18. The lowest BCUT2D eigenvalue weighted by Crippen LogP contribution is -2.00. The topological polar surface area (TPSA) is 37.8 Å². The van der Waals surface area contributed by atoms with Gasteiger partial charge in [0.05, 0.1) is 21.6 Å². The van der Waals surface area contributed by atoms with Crippen LogP contribution in [0.15, 0.2) is 79.0 Å². The zero-order valence-corrected chi connectivity index (χ0v) is 13.7. The van der Waals surface area contributed by atoms with E-state index >= 15 is 0 Å². The number of nitrogens with one attached hydrogen (secondary N) is 1. The molecule has 2 aromatic heterocycles. The monoisotopic (exact) mass is 329 g/mol. The molecule has 0 saturated heterocycles. The molecule has 4 heteroatoms. The van der Waals surface area contributed by atoms with Crippen molar-refractivity contribution in [3.05, 3.63) is 89.7 Å². The van der Waals surface area contributed by atoms with Crippen LogP contribution in [0, 0.1) is 0 Å². The molecule has 0 radical (unpaired) electrons. The van der Waals surface area contributed by atoms with E-state index < -0.39 is 0 Å². The standard InChI is InChI=1S/C20H15N3S/c1-2-8-15(9-3-1)22-18(16-10-6-7-13-21-16)14-20-23-17-11-4-5-12-19(17)24-20/h1-14,22H/b18-14+. The molecular formula is C20H15N3S. The number of rotatable bonds is 4. The van der Waals surface area contributed by atoms with Crippen LogP contribution in [0.25, 0.3) is 22.0 Å². The van der Waals surface area contributed by atoms with Gasteiger partial charge in [-0.15, -0.1) is 11.3 Å². The molecule has 0 spiro atoms. The van der Waals surface area contributed by atoms with Crippen LogP contribution in [0.2, 0.25) is 0 Å². The van der Waals surface area contributed by atoms with Crippen molar-refractivity contribution in [3.8, 4) is 0 Å².